The second-order valence-corrected chi connectivity index (χ2v) is 4.82. The van der Waals surface area contributed by atoms with Crippen LogP contribution in [-0.4, -0.2) is 24.1 Å². The number of nitriles is 1. The predicted octanol–water partition coefficient (Wildman–Crippen LogP) is 2.90. The molecular formula is C13H10Cl2N2O3. The summed E-state index contributed by atoms with van der Waals surface area (Å²) in [7, 11) is 0. The Kier molecular flexibility index (Phi) is 5.68. The number of hydrogen-bond acceptors (Lipinski definition) is 5. The SMILES string of the molecule is CC(=N)C(C#N)C(=O)COC(=O)c1cc(Cl)cc(Cl)c1. The van der Waals surface area contributed by atoms with Crippen LogP contribution in [0, 0.1) is 22.7 Å². The zero-order valence-corrected chi connectivity index (χ0v) is 12.0. The number of nitrogens with one attached hydrogen (secondary N) is 1. The normalized spacial score (nSPS) is 11.3. The van der Waals surface area contributed by atoms with Gasteiger partial charge in [0.1, 0.15) is 5.92 Å². The summed E-state index contributed by atoms with van der Waals surface area (Å²) in [5.41, 5.74) is 0.00901. The molecular weight excluding hydrogens is 303 g/mol. The van der Waals surface area contributed by atoms with Crippen LogP contribution in [0.3, 0.4) is 0 Å². The van der Waals surface area contributed by atoms with Gasteiger partial charge in [-0.1, -0.05) is 23.2 Å². The number of esters is 1. The number of carbonyl (C=O) groups is 2. The summed E-state index contributed by atoms with van der Waals surface area (Å²) in [5, 5.41) is 16.5. The van der Waals surface area contributed by atoms with Crippen molar-refractivity contribution in [1.29, 1.82) is 10.7 Å². The van der Waals surface area contributed by atoms with Crippen LogP contribution < -0.4 is 0 Å². The molecule has 0 bridgehead atoms. The van der Waals surface area contributed by atoms with Gasteiger partial charge in [-0.2, -0.15) is 5.26 Å². The molecule has 0 aliphatic heterocycles. The van der Waals surface area contributed by atoms with Gasteiger partial charge in [-0.05, 0) is 25.1 Å². The van der Waals surface area contributed by atoms with Crippen molar-refractivity contribution in [3.05, 3.63) is 33.8 Å². The molecule has 1 aromatic carbocycles. The number of carbonyl (C=O) groups excluding carboxylic acids is 2. The first-order valence-electron chi connectivity index (χ1n) is 5.45. The zero-order chi connectivity index (χ0) is 15.3. The molecule has 0 fully saturated rings. The molecule has 1 aromatic rings. The minimum Gasteiger partial charge on any atom is -0.454 e. The summed E-state index contributed by atoms with van der Waals surface area (Å²) >= 11 is 11.5. The van der Waals surface area contributed by atoms with E-state index in [2.05, 4.69) is 0 Å². The smallest absolute Gasteiger partial charge is 0.338 e. The molecule has 0 amide bonds. The van der Waals surface area contributed by atoms with E-state index >= 15 is 0 Å². The van der Waals surface area contributed by atoms with Crippen LogP contribution in [-0.2, 0) is 9.53 Å². The van der Waals surface area contributed by atoms with Gasteiger partial charge in [0.05, 0.1) is 11.6 Å². The van der Waals surface area contributed by atoms with Crippen LogP contribution in [0.15, 0.2) is 18.2 Å². The third-order valence-corrected chi connectivity index (χ3v) is 2.76. The number of benzene rings is 1. The van der Waals surface area contributed by atoms with Crippen LogP contribution in [0.4, 0.5) is 0 Å². The topological polar surface area (TPSA) is 91.0 Å². The Bertz CT molecular complexity index is 588. The van der Waals surface area contributed by atoms with Gasteiger partial charge in [0.2, 0.25) is 0 Å². The van der Waals surface area contributed by atoms with E-state index in [1.54, 1.807) is 6.07 Å². The molecule has 0 spiro atoms. The molecule has 1 rings (SSSR count). The Hall–Kier alpha value is -1.90. The van der Waals surface area contributed by atoms with Gasteiger partial charge in [-0.3, -0.25) is 4.79 Å². The minimum absolute atomic E-state index is 0.0978. The Morgan fingerprint density at radius 2 is 1.90 bits per heavy atom. The number of rotatable bonds is 5. The molecule has 0 aromatic heterocycles. The molecule has 104 valence electrons. The fraction of sp³-hybridized carbons (Fsp3) is 0.231. The van der Waals surface area contributed by atoms with Gasteiger partial charge in [0.15, 0.2) is 12.4 Å². The van der Waals surface area contributed by atoms with Crippen LogP contribution in [0.1, 0.15) is 17.3 Å². The van der Waals surface area contributed by atoms with Crippen molar-refractivity contribution < 1.29 is 14.3 Å². The first-order chi connectivity index (χ1) is 9.35. The lowest BCUT2D eigenvalue weighted by molar-refractivity contribution is -0.122. The summed E-state index contributed by atoms with van der Waals surface area (Å²) in [6.07, 6.45) is 0. The van der Waals surface area contributed by atoms with E-state index in [-0.39, 0.29) is 21.3 Å². The Balaban J connectivity index is 2.71. The van der Waals surface area contributed by atoms with E-state index < -0.39 is 24.3 Å². The zero-order valence-electron chi connectivity index (χ0n) is 10.4. The molecule has 0 heterocycles. The van der Waals surface area contributed by atoms with Crippen molar-refractivity contribution in [2.75, 3.05) is 6.61 Å². The van der Waals surface area contributed by atoms with Gasteiger partial charge in [-0.25, -0.2) is 4.79 Å². The molecule has 0 saturated carbocycles. The van der Waals surface area contributed by atoms with E-state index in [9.17, 15) is 9.59 Å². The third-order valence-electron chi connectivity index (χ3n) is 2.33. The molecule has 1 N–H and O–H groups in total. The average Bonchev–Trinajstić information content (AvgIpc) is 2.35. The maximum absolute atomic E-state index is 11.7. The van der Waals surface area contributed by atoms with Crippen LogP contribution in [0.2, 0.25) is 10.0 Å². The second kappa shape index (κ2) is 7.04. The van der Waals surface area contributed by atoms with E-state index in [0.717, 1.165) is 0 Å². The van der Waals surface area contributed by atoms with E-state index in [4.69, 9.17) is 38.6 Å². The van der Waals surface area contributed by atoms with Crippen molar-refractivity contribution in [3.8, 4) is 6.07 Å². The van der Waals surface area contributed by atoms with Crippen molar-refractivity contribution in [2.24, 2.45) is 5.92 Å². The molecule has 5 nitrogen and oxygen atoms in total. The van der Waals surface area contributed by atoms with Gasteiger partial charge in [0.25, 0.3) is 0 Å². The Morgan fingerprint density at radius 1 is 1.35 bits per heavy atom. The maximum atomic E-state index is 11.7. The Labute approximate surface area is 125 Å². The van der Waals surface area contributed by atoms with E-state index in [1.807, 2.05) is 0 Å². The predicted molar refractivity (Wildman–Crippen MR) is 74.3 cm³/mol. The van der Waals surface area contributed by atoms with Crippen molar-refractivity contribution in [3.63, 3.8) is 0 Å². The third kappa shape index (κ3) is 4.34. The van der Waals surface area contributed by atoms with Gasteiger partial charge < -0.3 is 10.1 Å². The van der Waals surface area contributed by atoms with E-state index in [1.165, 1.54) is 25.1 Å². The fourth-order valence-corrected chi connectivity index (χ4v) is 1.91. The molecule has 0 radical (unpaired) electrons. The summed E-state index contributed by atoms with van der Waals surface area (Å²) in [6.45, 7) is 0.752. The number of ketones is 1. The number of nitrogens with zero attached hydrogens (tertiary/aromatic N) is 1. The average molecular weight is 313 g/mol. The Morgan fingerprint density at radius 3 is 2.35 bits per heavy atom. The highest BCUT2D eigenvalue weighted by atomic mass is 35.5. The lowest BCUT2D eigenvalue weighted by Crippen LogP contribution is -2.25. The molecule has 7 heteroatoms. The van der Waals surface area contributed by atoms with Gasteiger partial charge in [0, 0.05) is 15.8 Å². The van der Waals surface area contributed by atoms with Crippen molar-refractivity contribution in [2.45, 2.75) is 6.92 Å². The van der Waals surface area contributed by atoms with Crippen molar-refractivity contribution in [1.82, 2.24) is 0 Å². The van der Waals surface area contributed by atoms with E-state index in [0.29, 0.717) is 0 Å². The quantitative estimate of drug-likeness (QED) is 0.668. The molecule has 1 atom stereocenters. The number of halogens is 2. The highest BCUT2D eigenvalue weighted by molar-refractivity contribution is 6.35. The fourth-order valence-electron chi connectivity index (χ4n) is 1.39. The number of Topliss-reactive ketones (excluding diaryl/α,β-unsaturated/α-hetero) is 1. The first kappa shape index (κ1) is 16.2. The first-order valence-corrected chi connectivity index (χ1v) is 6.21. The molecule has 0 saturated heterocycles. The van der Waals surface area contributed by atoms with Crippen molar-refractivity contribution >= 4 is 40.7 Å². The summed E-state index contributed by atoms with van der Waals surface area (Å²) < 4.78 is 4.78. The molecule has 0 aliphatic rings. The highest BCUT2D eigenvalue weighted by Crippen LogP contribution is 2.19. The summed E-state index contributed by atoms with van der Waals surface area (Å²) in [4.78, 5) is 23.3. The second-order valence-electron chi connectivity index (χ2n) is 3.95. The van der Waals surface area contributed by atoms with Crippen LogP contribution >= 0.6 is 23.2 Å². The number of hydrogen-bond donors (Lipinski definition) is 1. The van der Waals surface area contributed by atoms with Gasteiger partial charge >= 0.3 is 5.97 Å². The largest absolute Gasteiger partial charge is 0.454 e. The van der Waals surface area contributed by atoms with Crippen LogP contribution in [0.25, 0.3) is 0 Å². The molecule has 0 aliphatic carbocycles. The summed E-state index contributed by atoms with van der Waals surface area (Å²) in [6, 6.07) is 5.83. The standard InChI is InChI=1S/C13H10Cl2N2O3/c1-7(17)11(5-16)12(18)6-20-13(19)8-2-9(14)4-10(15)3-8/h2-4,11,17H,6H2,1H3. The molecule has 1 unspecified atom stereocenters. The number of ether oxygens (including phenoxy) is 1. The lowest BCUT2D eigenvalue weighted by atomic mass is 10.0. The minimum atomic E-state index is -1.20. The van der Waals surface area contributed by atoms with Crippen LogP contribution in [0.5, 0.6) is 0 Å². The van der Waals surface area contributed by atoms with Gasteiger partial charge in [-0.15, -0.1) is 0 Å². The summed E-state index contributed by atoms with van der Waals surface area (Å²) in [5.74, 6) is -2.63. The molecule has 20 heavy (non-hydrogen) atoms. The lowest BCUT2D eigenvalue weighted by Gasteiger charge is -2.08. The highest BCUT2D eigenvalue weighted by Gasteiger charge is 2.22. The monoisotopic (exact) mass is 312 g/mol. The maximum Gasteiger partial charge on any atom is 0.338 e.